The van der Waals surface area contributed by atoms with Crippen molar-refractivity contribution in [3.05, 3.63) is 58.7 Å². The van der Waals surface area contributed by atoms with Gasteiger partial charge in [-0.3, -0.25) is 4.55 Å². The summed E-state index contributed by atoms with van der Waals surface area (Å²) >= 11 is -1.47. The van der Waals surface area contributed by atoms with E-state index in [9.17, 15) is 18.7 Å². The number of hydrogen-bond donors (Lipinski definition) is 2. The van der Waals surface area contributed by atoms with Gasteiger partial charge in [-0.05, 0) is 50.8 Å². The monoisotopic (exact) mass is 523 g/mol. The lowest BCUT2D eigenvalue weighted by Gasteiger charge is -2.24. The summed E-state index contributed by atoms with van der Waals surface area (Å²) < 4.78 is 44.2. The van der Waals surface area contributed by atoms with Crippen LogP contribution in [0.4, 0.5) is 9.18 Å². The van der Waals surface area contributed by atoms with Gasteiger partial charge in [-0.25, -0.2) is 18.4 Å². The molecule has 1 amide bonds. The zero-order chi connectivity index (χ0) is 25.9. The van der Waals surface area contributed by atoms with E-state index in [1.165, 1.54) is 31.3 Å². The summed E-state index contributed by atoms with van der Waals surface area (Å²) in [7, 11) is 0. The third-order valence-electron chi connectivity index (χ3n) is 5.09. The highest BCUT2D eigenvalue weighted by Crippen LogP contribution is 2.40. The number of nitrogens with zero attached hydrogens (tertiary/aromatic N) is 3. The number of thiophene rings is 1. The van der Waals surface area contributed by atoms with Crippen LogP contribution in [0, 0.1) is 18.7 Å². The molecular formula is C24H30FN3O5S2. The molecule has 2 aromatic heterocycles. The molecule has 0 spiro atoms. The van der Waals surface area contributed by atoms with Crippen LogP contribution in [-0.4, -0.2) is 46.0 Å². The molecule has 0 saturated heterocycles. The lowest BCUT2D eigenvalue weighted by molar-refractivity contribution is 0.0589. The second-order valence-electron chi connectivity index (χ2n) is 9.37. The minimum absolute atomic E-state index is 0.189. The van der Waals surface area contributed by atoms with E-state index in [0.29, 0.717) is 33.5 Å². The van der Waals surface area contributed by atoms with Gasteiger partial charge in [0.25, 0.3) is 11.3 Å². The number of hydrogen-bond acceptors (Lipinski definition) is 6. The molecule has 0 fully saturated rings. The molecule has 0 aliphatic carbocycles. The summed E-state index contributed by atoms with van der Waals surface area (Å²) in [5, 5.41) is 10.2. The minimum Gasteiger partial charge on any atom is -0.398 e. The Hall–Kier alpha value is -2.60. The van der Waals surface area contributed by atoms with Crippen molar-refractivity contribution < 1.29 is 27.8 Å². The van der Waals surface area contributed by atoms with Gasteiger partial charge >= 0.3 is 6.09 Å². The van der Waals surface area contributed by atoms with Crippen molar-refractivity contribution in [2.75, 3.05) is 6.54 Å². The fraction of sp³-hybridized carbons (Fsp3) is 0.417. The lowest BCUT2D eigenvalue weighted by Crippen LogP contribution is -2.44. The number of carbonyl (C=O) groups excluding carboxylic acids is 1. The van der Waals surface area contributed by atoms with E-state index in [0.717, 1.165) is 17.1 Å². The van der Waals surface area contributed by atoms with Crippen molar-refractivity contribution in [1.29, 1.82) is 0 Å². The van der Waals surface area contributed by atoms with Crippen LogP contribution in [-0.2, 0) is 24.2 Å². The Labute approximate surface area is 210 Å². The number of benzene rings is 1. The molecule has 3 aromatic rings. The summed E-state index contributed by atoms with van der Waals surface area (Å²) in [5.41, 5.74) is 0.0977. The van der Waals surface area contributed by atoms with E-state index in [1.54, 1.807) is 24.5 Å². The maximum Gasteiger partial charge on any atom is 0.429 e. The molecule has 1 aromatic carbocycles. The zero-order valence-electron chi connectivity index (χ0n) is 20.3. The standard InChI is InChI=1S/C24H30FN3O5S2/c1-15(2)10-19-12-20(22(34-19)33-23(29)28(35(31)32)14-24(4,5)30)17-6-7-18(21(25)11-17)13-27-9-8-26-16(27)3/h6-9,11-12,15,30H,10,13-14H2,1-5H3,(H,31,32). The van der Waals surface area contributed by atoms with Crippen molar-refractivity contribution in [2.45, 2.75) is 53.2 Å². The SMILES string of the molecule is Cc1nccn1Cc1ccc(-c2cc(CC(C)C)sc2OC(=O)N(CC(C)(C)O)S(=O)O)cc1F. The molecule has 0 aliphatic heterocycles. The van der Waals surface area contributed by atoms with Gasteiger partial charge in [0.05, 0.1) is 18.7 Å². The molecular weight excluding hydrogens is 493 g/mol. The first-order valence-corrected chi connectivity index (χ1v) is 12.9. The molecule has 1 unspecified atom stereocenters. The molecule has 11 heteroatoms. The van der Waals surface area contributed by atoms with Crippen LogP contribution >= 0.6 is 11.3 Å². The zero-order valence-corrected chi connectivity index (χ0v) is 22.0. The summed E-state index contributed by atoms with van der Waals surface area (Å²) in [6.07, 6.45) is 3.07. The third kappa shape index (κ3) is 7.20. The predicted molar refractivity (Wildman–Crippen MR) is 134 cm³/mol. The van der Waals surface area contributed by atoms with Crippen LogP contribution < -0.4 is 4.74 Å². The van der Waals surface area contributed by atoms with Crippen molar-refractivity contribution in [1.82, 2.24) is 13.9 Å². The number of ether oxygens (including phenoxy) is 1. The fourth-order valence-corrected chi connectivity index (χ4v) is 5.29. The minimum atomic E-state index is -2.70. The van der Waals surface area contributed by atoms with Crippen LogP contribution in [0.3, 0.4) is 0 Å². The van der Waals surface area contributed by atoms with Crippen molar-refractivity contribution in [3.8, 4) is 16.2 Å². The summed E-state index contributed by atoms with van der Waals surface area (Å²) in [4.78, 5) is 17.8. The molecule has 3 rings (SSSR count). The van der Waals surface area contributed by atoms with Gasteiger partial charge in [0.15, 0.2) is 5.06 Å². The number of aryl methyl sites for hydroxylation is 1. The van der Waals surface area contributed by atoms with Crippen molar-refractivity contribution in [2.24, 2.45) is 5.92 Å². The first kappa shape index (κ1) is 27.0. The summed E-state index contributed by atoms with van der Waals surface area (Å²) in [6.45, 7) is 8.69. The van der Waals surface area contributed by atoms with E-state index >= 15 is 4.39 Å². The van der Waals surface area contributed by atoms with Crippen LogP contribution in [0.25, 0.3) is 11.1 Å². The van der Waals surface area contributed by atoms with Gasteiger partial charge in [0.2, 0.25) is 0 Å². The van der Waals surface area contributed by atoms with E-state index in [1.807, 2.05) is 17.6 Å². The number of carbonyl (C=O) groups is 1. The molecule has 2 N–H and O–H groups in total. The Balaban J connectivity index is 1.93. The van der Waals surface area contributed by atoms with E-state index < -0.39 is 35.3 Å². The number of imidazole rings is 1. The number of halogens is 1. The number of aliphatic hydroxyl groups is 1. The molecule has 1 atom stereocenters. The van der Waals surface area contributed by atoms with E-state index in [4.69, 9.17) is 4.74 Å². The highest BCUT2D eigenvalue weighted by atomic mass is 32.2. The maximum absolute atomic E-state index is 15.0. The molecule has 0 radical (unpaired) electrons. The quantitative estimate of drug-likeness (QED) is 0.382. The number of aromatic nitrogens is 2. The smallest absolute Gasteiger partial charge is 0.398 e. The van der Waals surface area contributed by atoms with Crippen LogP contribution in [0.2, 0.25) is 0 Å². The first-order chi connectivity index (χ1) is 16.3. The molecule has 35 heavy (non-hydrogen) atoms. The largest absolute Gasteiger partial charge is 0.429 e. The van der Waals surface area contributed by atoms with Crippen LogP contribution in [0.15, 0.2) is 36.7 Å². The second kappa shape index (κ2) is 11.0. The first-order valence-electron chi connectivity index (χ1n) is 11.1. The molecule has 0 bridgehead atoms. The Morgan fingerprint density at radius 3 is 2.60 bits per heavy atom. The normalized spacial score (nSPS) is 12.7. The van der Waals surface area contributed by atoms with Gasteiger partial charge in [-0.1, -0.05) is 26.0 Å². The van der Waals surface area contributed by atoms with E-state index in [2.05, 4.69) is 18.8 Å². The molecule has 0 saturated carbocycles. The van der Waals surface area contributed by atoms with Gasteiger partial charge in [-0.2, -0.15) is 4.31 Å². The summed E-state index contributed by atoms with van der Waals surface area (Å²) in [5.74, 6) is 0.694. The highest BCUT2D eigenvalue weighted by Gasteiger charge is 2.29. The number of amides is 1. The van der Waals surface area contributed by atoms with Gasteiger partial charge < -0.3 is 14.4 Å². The highest BCUT2D eigenvalue weighted by molar-refractivity contribution is 7.77. The second-order valence-corrected chi connectivity index (χ2v) is 11.4. The van der Waals surface area contributed by atoms with Gasteiger partial charge in [0, 0.05) is 28.4 Å². The van der Waals surface area contributed by atoms with Gasteiger partial charge in [-0.15, -0.1) is 11.3 Å². The van der Waals surface area contributed by atoms with Crippen molar-refractivity contribution in [3.63, 3.8) is 0 Å². The fourth-order valence-electron chi connectivity index (χ4n) is 3.47. The Morgan fingerprint density at radius 1 is 1.34 bits per heavy atom. The average molecular weight is 524 g/mol. The summed E-state index contributed by atoms with van der Waals surface area (Å²) in [6, 6.07) is 6.66. The Morgan fingerprint density at radius 2 is 2.06 bits per heavy atom. The predicted octanol–water partition coefficient (Wildman–Crippen LogP) is 5.01. The van der Waals surface area contributed by atoms with Crippen molar-refractivity contribution >= 4 is 28.7 Å². The lowest BCUT2D eigenvalue weighted by atomic mass is 10.0. The maximum atomic E-state index is 15.0. The van der Waals surface area contributed by atoms with Gasteiger partial charge in [0.1, 0.15) is 11.6 Å². The number of rotatable bonds is 9. The third-order valence-corrected chi connectivity index (χ3v) is 6.78. The molecule has 2 heterocycles. The Kier molecular flexibility index (Phi) is 8.47. The molecule has 8 nitrogen and oxygen atoms in total. The molecule has 190 valence electrons. The Bertz CT molecular complexity index is 1220. The van der Waals surface area contributed by atoms with E-state index in [-0.39, 0.29) is 5.06 Å². The van der Waals surface area contributed by atoms with Crippen LogP contribution in [0.1, 0.15) is 44.0 Å². The van der Waals surface area contributed by atoms with Crippen LogP contribution in [0.5, 0.6) is 5.06 Å². The average Bonchev–Trinajstić information content (AvgIpc) is 3.32. The topological polar surface area (TPSA) is 105 Å². The molecule has 0 aliphatic rings.